The summed E-state index contributed by atoms with van der Waals surface area (Å²) in [7, 11) is 1.65. The van der Waals surface area contributed by atoms with Gasteiger partial charge in [-0.05, 0) is 49.1 Å². The summed E-state index contributed by atoms with van der Waals surface area (Å²) in [6.07, 6.45) is 4.74. The number of nitrogens with one attached hydrogen (secondary N) is 1. The SMILES string of the molecule is COc1ccc2nccc(NC3COCC3n3nc4c(cc3=O)CCC4)c2c1. The normalized spacial score (nSPS) is 21.0. The second-order valence-electron chi connectivity index (χ2n) is 7.35. The van der Waals surface area contributed by atoms with E-state index in [1.165, 1.54) is 0 Å². The number of aromatic nitrogens is 3. The molecule has 3 heterocycles. The average molecular weight is 378 g/mol. The summed E-state index contributed by atoms with van der Waals surface area (Å²) >= 11 is 0. The molecule has 28 heavy (non-hydrogen) atoms. The zero-order chi connectivity index (χ0) is 19.1. The smallest absolute Gasteiger partial charge is 0.267 e. The van der Waals surface area contributed by atoms with Gasteiger partial charge in [-0.15, -0.1) is 0 Å². The molecule has 0 spiro atoms. The van der Waals surface area contributed by atoms with E-state index in [-0.39, 0.29) is 17.6 Å². The van der Waals surface area contributed by atoms with E-state index in [0.717, 1.165) is 52.9 Å². The third-order valence-electron chi connectivity index (χ3n) is 5.64. The monoisotopic (exact) mass is 378 g/mol. The Morgan fingerprint density at radius 1 is 1.21 bits per heavy atom. The van der Waals surface area contributed by atoms with Crippen LogP contribution in [0, 0.1) is 0 Å². The van der Waals surface area contributed by atoms with Crippen LogP contribution in [-0.4, -0.2) is 41.1 Å². The van der Waals surface area contributed by atoms with Crippen molar-refractivity contribution in [3.8, 4) is 5.75 Å². The van der Waals surface area contributed by atoms with Gasteiger partial charge in [-0.25, -0.2) is 4.68 Å². The third-order valence-corrected chi connectivity index (χ3v) is 5.64. The highest BCUT2D eigenvalue weighted by Crippen LogP contribution is 2.29. The maximum absolute atomic E-state index is 12.7. The lowest BCUT2D eigenvalue weighted by Gasteiger charge is -2.22. The number of nitrogens with zero attached hydrogens (tertiary/aromatic N) is 3. The van der Waals surface area contributed by atoms with E-state index in [1.807, 2.05) is 24.3 Å². The van der Waals surface area contributed by atoms with Gasteiger partial charge in [0.15, 0.2) is 0 Å². The molecular weight excluding hydrogens is 356 g/mol. The lowest BCUT2D eigenvalue weighted by Crippen LogP contribution is -2.37. The predicted octanol–water partition coefficient (Wildman–Crippen LogP) is 2.34. The fourth-order valence-electron chi connectivity index (χ4n) is 4.15. The second-order valence-corrected chi connectivity index (χ2v) is 7.35. The van der Waals surface area contributed by atoms with Crippen molar-refractivity contribution in [1.29, 1.82) is 0 Å². The van der Waals surface area contributed by atoms with Crippen molar-refractivity contribution in [3.63, 3.8) is 0 Å². The highest BCUT2D eigenvalue weighted by atomic mass is 16.5. The van der Waals surface area contributed by atoms with Crippen molar-refractivity contribution < 1.29 is 9.47 Å². The highest BCUT2D eigenvalue weighted by Gasteiger charge is 2.32. The molecule has 7 heteroatoms. The molecule has 1 N–H and O–H groups in total. The minimum atomic E-state index is -0.146. The predicted molar refractivity (Wildman–Crippen MR) is 106 cm³/mol. The summed E-state index contributed by atoms with van der Waals surface area (Å²) in [5.41, 5.74) is 3.91. The molecule has 1 fully saturated rings. The number of methoxy groups -OCH3 is 1. The van der Waals surface area contributed by atoms with Gasteiger partial charge in [-0.1, -0.05) is 0 Å². The molecule has 0 amide bonds. The molecule has 2 atom stereocenters. The molecule has 1 aliphatic heterocycles. The number of rotatable bonds is 4. The van der Waals surface area contributed by atoms with Crippen LogP contribution in [-0.2, 0) is 17.6 Å². The van der Waals surface area contributed by atoms with E-state index in [1.54, 1.807) is 24.1 Å². The lowest BCUT2D eigenvalue weighted by molar-refractivity contribution is 0.182. The molecule has 1 saturated heterocycles. The number of fused-ring (bicyclic) bond motifs is 2. The van der Waals surface area contributed by atoms with Gasteiger partial charge in [0.1, 0.15) is 11.8 Å². The van der Waals surface area contributed by atoms with Crippen LogP contribution in [0.5, 0.6) is 5.75 Å². The van der Waals surface area contributed by atoms with E-state index in [0.29, 0.717) is 13.2 Å². The summed E-state index contributed by atoms with van der Waals surface area (Å²) in [6, 6.07) is 9.29. The Morgan fingerprint density at radius 3 is 3.04 bits per heavy atom. The van der Waals surface area contributed by atoms with Crippen LogP contribution in [0.1, 0.15) is 23.7 Å². The van der Waals surface area contributed by atoms with Crippen LogP contribution in [0.25, 0.3) is 10.9 Å². The molecule has 2 unspecified atom stereocenters. The molecule has 3 aromatic rings. The number of anilines is 1. The van der Waals surface area contributed by atoms with E-state index < -0.39 is 0 Å². The number of hydrogen-bond donors (Lipinski definition) is 1. The first-order chi connectivity index (χ1) is 13.7. The maximum atomic E-state index is 12.7. The van der Waals surface area contributed by atoms with Crippen LogP contribution in [0.3, 0.4) is 0 Å². The van der Waals surface area contributed by atoms with Gasteiger partial charge in [0.05, 0.1) is 37.6 Å². The quantitative estimate of drug-likeness (QED) is 0.751. The average Bonchev–Trinajstić information content (AvgIpc) is 3.36. The fourth-order valence-corrected chi connectivity index (χ4v) is 4.15. The first kappa shape index (κ1) is 17.2. The molecule has 0 saturated carbocycles. The van der Waals surface area contributed by atoms with Crippen LogP contribution in [0.2, 0.25) is 0 Å². The van der Waals surface area contributed by atoms with Gasteiger partial charge >= 0.3 is 0 Å². The Morgan fingerprint density at radius 2 is 2.14 bits per heavy atom. The molecular formula is C21H22N4O3. The summed E-state index contributed by atoms with van der Waals surface area (Å²) < 4.78 is 12.7. The fraction of sp³-hybridized carbons (Fsp3) is 0.381. The Kier molecular flexibility index (Phi) is 4.24. The molecule has 2 aromatic heterocycles. The summed E-state index contributed by atoms with van der Waals surface area (Å²) in [4.78, 5) is 17.1. The molecule has 2 aliphatic rings. The van der Waals surface area contributed by atoms with Crippen LogP contribution in [0.15, 0.2) is 41.3 Å². The van der Waals surface area contributed by atoms with Crippen molar-refractivity contribution in [1.82, 2.24) is 14.8 Å². The van der Waals surface area contributed by atoms with Crippen molar-refractivity contribution in [2.45, 2.75) is 31.3 Å². The first-order valence-electron chi connectivity index (χ1n) is 9.61. The van der Waals surface area contributed by atoms with Gasteiger partial charge in [0, 0.05) is 23.3 Å². The van der Waals surface area contributed by atoms with Crippen molar-refractivity contribution >= 4 is 16.6 Å². The van der Waals surface area contributed by atoms with Gasteiger partial charge < -0.3 is 14.8 Å². The second kappa shape index (κ2) is 6.91. The van der Waals surface area contributed by atoms with Gasteiger partial charge in [0.2, 0.25) is 0 Å². The topological polar surface area (TPSA) is 78.3 Å². The van der Waals surface area contributed by atoms with E-state index in [9.17, 15) is 4.79 Å². The molecule has 5 rings (SSSR count). The van der Waals surface area contributed by atoms with Gasteiger partial charge in [-0.3, -0.25) is 9.78 Å². The standard InChI is InChI=1S/C21H22N4O3/c1-27-14-5-6-17-15(10-14)18(7-8-22-17)23-19-11-28-12-20(19)25-21(26)9-13-3-2-4-16(13)24-25/h5-10,19-20H,2-4,11-12H2,1H3,(H,22,23). The lowest BCUT2D eigenvalue weighted by atomic mass is 10.1. The largest absolute Gasteiger partial charge is 0.497 e. The summed E-state index contributed by atoms with van der Waals surface area (Å²) in [6.45, 7) is 0.985. The molecule has 1 aliphatic carbocycles. The van der Waals surface area contributed by atoms with Crippen molar-refractivity contribution in [2.75, 3.05) is 25.6 Å². The van der Waals surface area contributed by atoms with E-state index in [2.05, 4.69) is 15.4 Å². The minimum absolute atomic E-state index is 0.0517. The first-order valence-corrected chi connectivity index (χ1v) is 9.61. The molecule has 7 nitrogen and oxygen atoms in total. The zero-order valence-electron chi connectivity index (χ0n) is 15.7. The van der Waals surface area contributed by atoms with Crippen molar-refractivity contribution in [3.05, 3.63) is 58.1 Å². The summed E-state index contributed by atoms with van der Waals surface area (Å²) in [5.74, 6) is 0.777. The molecule has 0 bridgehead atoms. The molecule has 0 radical (unpaired) electrons. The van der Waals surface area contributed by atoms with Crippen LogP contribution >= 0.6 is 0 Å². The Hall–Kier alpha value is -2.93. The number of ether oxygens (including phenoxy) is 2. The number of aryl methyl sites for hydroxylation is 2. The zero-order valence-corrected chi connectivity index (χ0v) is 15.7. The minimum Gasteiger partial charge on any atom is -0.497 e. The Balaban J connectivity index is 1.49. The van der Waals surface area contributed by atoms with Crippen molar-refractivity contribution in [2.24, 2.45) is 0 Å². The summed E-state index contributed by atoms with van der Waals surface area (Å²) in [5, 5.41) is 9.20. The van der Waals surface area contributed by atoms with Crippen LogP contribution in [0.4, 0.5) is 5.69 Å². The maximum Gasteiger partial charge on any atom is 0.267 e. The molecule has 1 aromatic carbocycles. The molecule has 144 valence electrons. The number of benzene rings is 1. The van der Waals surface area contributed by atoms with Gasteiger partial charge in [-0.2, -0.15) is 5.10 Å². The van der Waals surface area contributed by atoms with E-state index in [4.69, 9.17) is 9.47 Å². The Bertz CT molecular complexity index is 1090. The Labute approximate surface area is 162 Å². The van der Waals surface area contributed by atoms with Crippen LogP contribution < -0.4 is 15.6 Å². The number of hydrogen-bond acceptors (Lipinski definition) is 6. The third kappa shape index (κ3) is 2.92. The van der Waals surface area contributed by atoms with E-state index >= 15 is 0 Å². The van der Waals surface area contributed by atoms with Gasteiger partial charge in [0.25, 0.3) is 5.56 Å². The number of pyridine rings is 1. The highest BCUT2D eigenvalue weighted by molar-refractivity contribution is 5.92.